The molecule has 2 rings (SSSR count). The predicted octanol–water partition coefficient (Wildman–Crippen LogP) is 2.70. The number of halogens is 1. The Morgan fingerprint density at radius 2 is 1.95 bits per heavy atom. The maximum Gasteiger partial charge on any atom is 0.321 e. The molecule has 0 fully saturated rings. The van der Waals surface area contributed by atoms with Crippen LogP contribution >= 0.6 is 11.3 Å². The summed E-state index contributed by atoms with van der Waals surface area (Å²) in [5, 5.41) is 13.9. The Morgan fingerprint density at radius 1 is 1.24 bits per heavy atom. The SMILES string of the molecule is O=C(CC(NCc1cccs1)C(=O)O)c1ccc(F)cc1. The van der Waals surface area contributed by atoms with Crippen molar-refractivity contribution in [1.82, 2.24) is 5.32 Å². The summed E-state index contributed by atoms with van der Waals surface area (Å²) in [6, 6.07) is 7.87. The van der Waals surface area contributed by atoms with E-state index in [-0.39, 0.29) is 12.2 Å². The summed E-state index contributed by atoms with van der Waals surface area (Å²) in [5.41, 5.74) is 0.306. The largest absolute Gasteiger partial charge is 0.480 e. The molecule has 0 amide bonds. The molecule has 0 radical (unpaired) electrons. The molecule has 6 heteroatoms. The molecular weight excluding hydrogens is 293 g/mol. The number of benzene rings is 1. The van der Waals surface area contributed by atoms with Gasteiger partial charge in [0.15, 0.2) is 5.78 Å². The fraction of sp³-hybridized carbons (Fsp3) is 0.200. The van der Waals surface area contributed by atoms with Crippen LogP contribution in [0.3, 0.4) is 0 Å². The van der Waals surface area contributed by atoms with Crippen LogP contribution < -0.4 is 5.32 Å². The van der Waals surface area contributed by atoms with Gasteiger partial charge in [-0.3, -0.25) is 14.9 Å². The zero-order valence-electron chi connectivity index (χ0n) is 11.1. The van der Waals surface area contributed by atoms with Crippen molar-refractivity contribution in [2.75, 3.05) is 0 Å². The van der Waals surface area contributed by atoms with E-state index in [0.717, 1.165) is 4.88 Å². The Balaban J connectivity index is 1.97. The number of aliphatic carboxylic acids is 1. The summed E-state index contributed by atoms with van der Waals surface area (Å²) < 4.78 is 12.8. The quantitative estimate of drug-likeness (QED) is 0.772. The summed E-state index contributed by atoms with van der Waals surface area (Å²) in [7, 11) is 0. The monoisotopic (exact) mass is 307 g/mol. The van der Waals surface area contributed by atoms with E-state index in [2.05, 4.69) is 5.32 Å². The van der Waals surface area contributed by atoms with E-state index in [1.165, 1.54) is 35.6 Å². The lowest BCUT2D eigenvalue weighted by Gasteiger charge is -2.13. The van der Waals surface area contributed by atoms with Crippen molar-refractivity contribution in [3.63, 3.8) is 0 Å². The highest BCUT2D eigenvalue weighted by atomic mass is 32.1. The van der Waals surface area contributed by atoms with Gasteiger partial charge in [-0.05, 0) is 35.7 Å². The van der Waals surface area contributed by atoms with E-state index in [1.807, 2.05) is 17.5 Å². The summed E-state index contributed by atoms with van der Waals surface area (Å²) in [4.78, 5) is 24.2. The third-order valence-corrected chi connectivity index (χ3v) is 3.83. The molecule has 0 aliphatic rings. The zero-order valence-corrected chi connectivity index (χ0v) is 11.9. The van der Waals surface area contributed by atoms with Gasteiger partial charge in [0.05, 0.1) is 0 Å². The lowest BCUT2D eigenvalue weighted by molar-refractivity contribution is -0.139. The van der Waals surface area contributed by atoms with Crippen molar-refractivity contribution in [2.24, 2.45) is 0 Å². The molecule has 2 aromatic rings. The molecule has 1 aromatic carbocycles. The zero-order chi connectivity index (χ0) is 15.2. The second-order valence-corrected chi connectivity index (χ2v) is 5.52. The topological polar surface area (TPSA) is 66.4 Å². The van der Waals surface area contributed by atoms with Crippen molar-refractivity contribution >= 4 is 23.1 Å². The van der Waals surface area contributed by atoms with Crippen LogP contribution in [-0.4, -0.2) is 22.9 Å². The van der Waals surface area contributed by atoms with E-state index < -0.39 is 17.8 Å². The van der Waals surface area contributed by atoms with Crippen LogP contribution in [0.5, 0.6) is 0 Å². The van der Waals surface area contributed by atoms with Crippen LogP contribution in [-0.2, 0) is 11.3 Å². The average molecular weight is 307 g/mol. The minimum absolute atomic E-state index is 0.174. The molecule has 1 atom stereocenters. The number of carboxylic acid groups (broad SMARTS) is 1. The fourth-order valence-corrected chi connectivity index (χ4v) is 2.48. The van der Waals surface area contributed by atoms with Crippen molar-refractivity contribution in [2.45, 2.75) is 19.0 Å². The molecule has 0 spiro atoms. The Kier molecular flexibility index (Phi) is 5.19. The number of hydrogen-bond donors (Lipinski definition) is 2. The Labute approximate surface area is 125 Å². The first kappa shape index (κ1) is 15.3. The molecule has 4 nitrogen and oxygen atoms in total. The highest BCUT2D eigenvalue weighted by Crippen LogP contribution is 2.11. The number of thiophene rings is 1. The molecule has 2 N–H and O–H groups in total. The molecule has 1 aromatic heterocycles. The number of rotatable bonds is 7. The number of Topliss-reactive ketones (excluding diaryl/α,β-unsaturated/α-hetero) is 1. The van der Waals surface area contributed by atoms with Gasteiger partial charge in [0, 0.05) is 23.4 Å². The molecule has 1 heterocycles. The van der Waals surface area contributed by atoms with Gasteiger partial charge in [-0.1, -0.05) is 6.07 Å². The maximum absolute atomic E-state index is 12.8. The molecule has 1 unspecified atom stereocenters. The number of hydrogen-bond acceptors (Lipinski definition) is 4. The Morgan fingerprint density at radius 3 is 2.52 bits per heavy atom. The second kappa shape index (κ2) is 7.10. The first-order valence-corrected chi connectivity index (χ1v) is 7.21. The Bertz CT molecular complexity index is 610. The highest BCUT2D eigenvalue weighted by molar-refractivity contribution is 7.09. The molecule has 0 saturated carbocycles. The number of carbonyl (C=O) groups excluding carboxylic acids is 1. The van der Waals surface area contributed by atoms with Gasteiger partial charge >= 0.3 is 5.97 Å². The lowest BCUT2D eigenvalue weighted by Crippen LogP contribution is -2.37. The number of nitrogens with one attached hydrogen (secondary N) is 1. The normalized spacial score (nSPS) is 12.0. The number of carboxylic acids is 1. The minimum atomic E-state index is -1.08. The molecule has 0 bridgehead atoms. The van der Waals surface area contributed by atoms with E-state index >= 15 is 0 Å². The van der Waals surface area contributed by atoms with Gasteiger partial charge in [0.1, 0.15) is 11.9 Å². The summed E-state index contributed by atoms with van der Waals surface area (Å²) in [6.45, 7) is 0.394. The van der Waals surface area contributed by atoms with E-state index in [1.54, 1.807) is 0 Å². The third-order valence-electron chi connectivity index (χ3n) is 2.96. The van der Waals surface area contributed by atoms with Crippen LogP contribution in [0.4, 0.5) is 4.39 Å². The van der Waals surface area contributed by atoms with Gasteiger partial charge in [0.25, 0.3) is 0 Å². The van der Waals surface area contributed by atoms with Crippen molar-refractivity contribution in [3.05, 3.63) is 58.0 Å². The minimum Gasteiger partial charge on any atom is -0.480 e. The molecular formula is C15H14FNO3S. The van der Waals surface area contributed by atoms with Crippen LogP contribution in [0, 0.1) is 5.82 Å². The van der Waals surface area contributed by atoms with Crippen LogP contribution in [0.1, 0.15) is 21.7 Å². The van der Waals surface area contributed by atoms with E-state index in [4.69, 9.17) is 0 Å². The molecule has 0 aliphatic carbocycles. The van der Waals surface area contributed by atoms with Crippen LogP contribution in [0.25, 0.3) is 0 Å². The van der Waals surface area contributed by atoms with Crippen molar-refractivity contribution in [1.29, 1.82) is 0 Å². The molecule has 21 heavy (non-hydrogen) atoms. The second-order valence-electron chi connectivity index (χ2n) is 4.49. The third kappa shape index (κ3) is 4.47. The van der Waals surface area contributed by atoms with E-state index in [0.29, 0.717) is 12.1 Å². The average Bonchev–Trinajstić information content (AvgIpc) is 2.96. The van der Waals surface area contributed by atoms with Gasteiger partial charge < -0.3 is 5.11 Å². The van der Waals surface area contributed by atoms with Crippen LogP contribution in [0.15, 0.2) is 41.8 Å². The number of ketones is 1. The van der Waals surface area contributed by atoms with Gasteiger partial charge in [-0.25, -0.2) is 4.39 Å². The maximum atomic E-state index is 12.8. The van der Waals surface area contributed by atoms with Crippen LogP contribution in [0.2, 0.25) is 0 Å². The standard InChI is InChI=1S/C15H14FNO3S/c16-11-5-3-10(4-6-11)14(18)8-13(15(19)20)17-9-12-2-1-7-21-12/h1-7,13,17H,8-9H2,(H,19,20). The molecule has 110 valence electrons. The summed E-state index contributed by atoms with van der Waals surface area (Å²) >= 11 is 1.51. The van der Waals surface area contributed by atoms with Gasteiger partial charge in [-0.2, -0.15) is 0 Å². The van der Waals surface area contributed by atoms with Crippen molar-refractivity contribution < 1.29 is 19.1 Å². The fourth-order valence-electron chi connectivity index (χ4n) is 1.82. The Hall–Kier alpha value is -2.05. The van der Waals surface area contributed by atoms with Gasteiger partial charge in [0.2, 0.25) is 0 Å². The summed E-state index contributed by atoms with van der Waals surface area (Å²) in [6.07, 6.45) is -0.174. The number of carbonyl (C=O) groups is 2. The summed E-state index contributed by atoms with van der Waals surface area (Å²) in [5.74, 6) is -1.85. The van der Waals surface area contributed by atoms with Crippen molar-refractivity contribution in [3.8, 4) is 0 Å². The lowest BCUT2D eigenvalue weighted by atomic mass is 10.0. The molecule has 0 saturated heterocycles. The van der Waals surface area contributed by atoms with E-state index in [9.17, 15) is 19.1 Å². The smallest absolute Gasteiger partial charge is 0.321 e. The highest BCUT2D eigenvalue weighted by Gasteiger charge is 2.21. The predicted molar refractivity (Wildman–Crippen MR) is 77.9 cm³/mol. The molecule has 0 aliphatic heterocycles. The first-order valence-electron chi connectivity index (χ1n) is 6.33. The van der Waals surface area contributed by atoms with Gasteiger partial charge in [-0.15, -0.1) is 11.3 Å². The first-order chi connectivity index (χ1) is 10.1.